The molecule has 0 atom stereocenters. The van der Waals surface area contributed by atoms with Crippen molar-refractivity contribution in [2.45, 2.75) is 26.3 Å². The van der Waals surface area contributed by atoms with Gasteiger partial charge in [0.15, 0.2) is 0 Å². The van der Waals surface area contributed by atoms with Gasteiger partial charge in [-0.3, -0.25) is 5.41 Å². The van der Waals surface area contributed by atoms with Gasteiger partial charge in [0, 0.05) is 23.5 Å². The molecular formula is C19H22N6O2. The summed E-state index contributed by atoms with van der Waals surface area (Å²) in [5.41, 5.74) is 7.87. The van der Waals surface area contributed by atoms with E-state index in [4.69, 9.17) is 11.1 Å². The van der Waals surface area contributed by atoms with Crippen molar-refractivity contribution >= 4 is 34.2 Å². The second-order valence-corrected chi connectivity index (χ2v) is 7.40. The number of nitrogens with two attached hydrogens (primary N) is 1. The Morgan fingerprint density at radius 1 is 1.26 bits per heavy atom. The van der Waals surface area contributed by atoms with Crippen LogP contribution >= 0.6 is 0 Å². The van der Waals surface area contributed by atoms with Crippen LogP contribution in [0.3, 0.4) is 0 Å². The SMILES string of the molecule is Cn1c(C(=N)c2c(N)ncnc2NC(C)(C)C)cc2ccc(C(=O)O)cc21. The van der Waals surface area contributed by atoms with Crippen molar-refractivity contribution in [3.05, 3.63) is 47.4 Å². The summed E-state index contributed by atoms with van der Waals surface area (Å²) < 4.78 is 1.78. The van der Waals surface area contributed by atoms with E-state index in [2.05, 4.69) is 15.3 Å². The van der Waals surface area contributed by atoms with Gasteiger partial charge in [-0.15, -0.1) is 0 Å². The van der Waals surface area contributed by atoms with E-state index in [-0.39, 0.29) is 22.6 Å². The standard InChI is InChI=1S/C19H22N6O2/c1-19(2,3)24-17-14(16(21)22-9-23-17)15(20)13-7-10-5-6-11(18(26)27)8-12(10)25(13)4/h5-9,20H,1-4H3,(H,26,27)(H3,21,22,23,24). The van der Waals surface area contributed by atoms with E-state index in [0.717, 1.165) is 10.9 Å². The molecule has 0 saturated carbocycles. The second kappa shape index (κ2) is 6.39. The Balaban J connectivity index is 2.14. The maximum atomic E-state index is 11.2. The molecule has 0 saturated heterocycles. The molecule has 3 aromatic rings. The van der Waals surface area contributed by atoms with Crippen molar-refractivity contribution < 1.29 is 9.90 Å². The highest BCUT2D eigenvalue weighted by atomic mass is 16.4. The quantitative estimate of drug-likeness (QED) is 0.525. The molecule has 0 unspecified atom stereocenters. The minimum atomic E-state index is -0.993. The van der Waals surface area contributed by atoms with E-state index in [1.54, 1.807) is 29.8 Å². The van der Waals surface area contributed by atoms with Crippen LogP contribution in [0, 0.1) is 5.41 Å². The van der Waals surface area contributed by atoms with Gasteiger partial charge in [0.2, 0.25) is 0 Å². The summed E-state index contributed by atoms with van der Waals surface area (Å²) in [5.74, 6) is -0.304. The molecule has 140 valence electrons. The smallest absolute Gasteiger partial charge is 0.335 e. The van der Waals surface area contributed by atoms with Gasteiger partial charge in [0.05, 0.1) is 22.5 Å². The first-order valence-electron chi connectivity index (χ1n) is 8.39. The summed E-state index contributed by atoms with van der Waals surface area (Å²) in [4.78, 5) is 19.5. The highest BCUT2D eigenvalue weighted by Gasteiger charge is 2.22. The topological polar surface area (TPSA) is 130 Å². The minimum Gasteiger partial charge on any atom is -0.478 e. The van der Waals surface area contributed by atoms with Crippen LogP contribution in [0.15, 0.2) is 30.6 Å². The molecule has 2 heterocycles. The summed E-state index contributed by atoms with van der Waals surface area (Å²) in [5, 5.41) is 22.0. The van der Waals surface area contributed by atoms with Gasteiger partial charge in [0.25, 0.3) is 0 Å². The zero-order chi connectivity index (χ0) is 19.9. The van der Waals surface area contributed by atoms with Gasteiger partial charge in [-0.25, -0.2) is 14.8 Å². The van der Waals surface area contributed by atoms with Gasteiger partial charge in [0.1, 0.15) is 18.0 Å². The molecule has 5 N–H and O–H groups in total. The fourth-order valence-corrected chi connectivity index (χ4v) is 2.93. The first-order chi connectivity index (χ1) is 12.6. The van der Waals surface area contributed by atoms with Crippen molar-refractivity contribution in [2.24, 2.45) is 7.05 Å². The predicted octanol–water partition coefficient (Wildman–Crippen LogP) is 2.88. The number of carboxylic acid groups (broad SMARTS) is 1. The third-order valence-corrected chi connectivity index (χ3v) is 4.17. The number of anilines is 2. The molecule has 0 radical (unpaired) electrons. The number of hydrogen-bond acceptors (Lipinski definition) is 6. The summed E-state index contributed by atoms with van der Waals surface area (Å²) in [6.45, 7) is 5.97. The number of aryl methyl sites for hydroxylation is 1. The maximum Gasteiger partial charge on any atom is 0.335 e. The lowest BCUT2D eigenvalue weighted by atomic mass is 10.1. The van der Waals surface area contributed by atoms with E-state index in [1.165, 1.54) is 6.33 Å². The number of rotatable bonds is 4. The highest BCUT2D eigenvalue weighted by molar-refractivity contribution is 6.17. The van der Waals surface area contributed by atoms with Crippen LogP contribution in [0.25, 0.3) is 10.9 Å². The van der Waals surface area contributed by atoms with Crippen molar-refractivity contribution in [1.29, 1.82) is 5.41 Å². The lowest BCUT2D eigenvalue weighted by Gasteiger charge is -2.23. The molecule has 0 aliphatic rings. The Morgan fingerprint density at radius 3 is 2.59 bits per heavy atom. The Morgan fingerprint density at radius 2 is 1.96 bits per heavy atom. The van der Waals surface area contributed by atoms with Gasteiger partial charge in [-0.05, 0) is 39.0 Å². The Labute approximate surface area is 156 Å². The van der Waals surface area contributed by atoms with E-state index < -0.39 is 5.97 Å². The van der Waals surface area contributed by atoms with E-state index >= 15 is 0 Å². The number of aromatic carboxylic acids is 1. The molecule has 2 aromatic heterocycles. The largest absolute Gasteiger partial charge is 0.478 e. The van der Waals surface area contributed by atoms with Crippen LogP contribution in [-0.4, -0.2) is 36.9 Å². The van der Waals surface area contributed by atoms with E-state index in [0.29, 0.717) is 17.1 Å². The third-order valence-electron chi connectivity index (χ3n) is 4.17. The zero-order valence-corrected chi connectivity index (χ0v) is 15.7. The van der Waals surface area contributed by atoms with E-state index in [1.807, 2.05) is 26.8 Å². The number of aromatic nitrogens is 3. The Bertz CT molecular complexity index is 1060. The molecule has 0 aliphatic carbocycles. The fourth-order valence-electron chi connectivity index (χ4n) is 2.93. The summed E-state index contributed by atoms with van der Waals surface area (Å²) in [7, 11) is 1.79. The van der Waals surface area contributed by atoms with Crippen LogP contribution < -0.4 is 11.1 Å². The molecule has 0 spiro atoms. The number of hydrogen-bond donors (Lipinski definition) is 4. The average Bonchev–Trinajstić information content (AvgIpc) is 2.89. The van der Waals surface area contributed by atoms with Gasteiger partial charge >= 0.3 is 5.97 Å². The van der Waals surface area contributed by atoms with Gasteiger partial charge in [-0.1, -0.05) is 6.07 Å². The van der Waals surface area contributed by atoms with Gasteiger partial charge in [-0.2, -0.15) is 0 Å². The first-order valence-corrected chi connectivity index (χ1v) is 8.39. The number of fused-ring (bicyclic) bond motifs is 1. The maximum absolute atomic E-state index is 11.2. The molecule has 0 aliphatic heterocycles. The third kappa shape index (κ3) is 3.46. The molecule has 3 rings (SSSR count). The summed E-state index contributed by atoms with van der Waals surface area (Å²) in [6.07, 6.45) is 1.36. The van der Waals surface area contributed by atoms with Crippen LogP contribution in [0.1, 0.15) is 42.4 Å². The Kier molecular flexibility index (Phi) is 4.35. The second-order valence-electron chi connectivity index (χ2n) is 7.40. The number of benzene rings is 1. The molecule has 0 amide bonds. The Hall–Kier alpha value is -3.42. The number of nitrogens with zero attached hydrogens (tertiary/aromatic N) is 3. The normalized spacial score (nSPS) is 11.6. The lowest BCUT2D eigenvalue weighted by Crippen LogP contribution is -2.28. The minimum absolute atomic E-state index is 0.162. The predicted molar refractivity (Wildman–Crippen MR) is 106 cm³/mol. The van der Waals surface area contributed by atoms with Crippen molar-refractivity contribution in [1.82, 2.24) is 14.5 Å². The lowest BCUT2D eigenvalue weighted by molar-refractivity contribution is 0.0697. The molecule has 1 aromatic carbocycles. The molecule has 0 fully saturated rings. The number of carboxylic acids is 1. The van der Waals surface area contributed by atoms with Gasteiger partial charge < -0.3 is 20.7 Å². The highest BCUT2D eigenvalue weighted by Crippen LogP contribution is 2.27. The van der Waals surface area contributed by atoms with Crippen LogP contribution in [-0.2, 0) is 7.05 Å². The molecule has 8 heteroatoms. The van der Waals surface area contributed by atoms with Crippen molar-refractivity contribution in [3.8, 4) is 0 Å². The van der Waals surface area contributed by atoms with Crippen molar-refractivity contribution in [3.63, 3.8) is 0 Å². The number of nitrogen functional groups attached to an aromatic ring is 1. The van der Waals surface area contributed by atoms with Crippen LogP contribution in [0.2, 0.25) is 0 Å². The average molecular weight is 366 g/mol. The molecule has 0 bridgehead atoms. The van der Waals surface area contributed by atoms with Crippen LogP contribution in [0.5, 0.6) is 0 Å². The summed E-state index contributed by atoms with van der Waals surface area (Å²) >= 11 is 0. The molecular weight excluding hydrogens is 344 g/mol. The monoisotopic (exact) mass is 366 g/mol. The molecule has 8 nitrogen and oxygen atoms in total. The number of nitrogens with one attached hydrogen (secondary N) is 2. The summed E-state index contributed by atoms with van der Waals surface area (Å²) in [6, 6.07) is 6.70. The van der Waals surface area contributed by atoms with Crippen LogP contribution in [0.4, 0.5) is 11.6 Å². The molecule has 27 heavy (non-hydrogen) atoms. The first kappa shape index (κ1) is 18.4. The van der Waals surface area contributed by atoms with E-state index in [9.17, 15) is 9.90 Å². The fraction of sp³-hybridized carbons (Fsp3) is 0.263. The number of carbonyl (C=O) groups is 1. The van der Waals surface area contributed by atoms with Crippen molar-refractivity contribution in [2.75, 3.05) is 11.1 Å². The zero-order valence-electron chi connectivity index (χ0n) is 15.7.